The van der Waals surface area contributed by atoms with Crippen LogP contribution in [0.3, 0.4) is 0 Å². The van der Waals surface area contributed by atoms with Crippen LogP contribution in [-0.2, 0) is 6.42 Å². The number of aromatic nitrogens is 3. The third-order valence-electron chi connectivity index (χ3n) is 5.52. The third-order valence-corrected chi connectivity index (χ3v) is 5.52. The minimum Gasteiger partial charge on any atom is -0.490 e. The predicted molar refractivity (Wildman–Crippen MR) is 116 cm³/mol. The molecule has 1 saturated heterocycles. The van der Waals surface area contributed by atoms with Gasteiger partial charge in [0.15, 0.2) is 0 Å². The van der Waals surface area contributed by atoms with Crippen LogP contribution < -0.4 is 9.64 Å². The number of rotatable bonds is 5. The second-order valence-electron chi connectivity index (χ2n) is 7.66. The lowest BCUT2D eigenvalue weighted by Crippen LogP contribution is -2.39. The first-order valence-electron chi connectivity index (χ1n) is 10.4. The molecule has 1 aromatic carbocycles. The predicted octanol–water partition coefficient (Wildman–Crippen LogP) is 4.77. The maximum absolute atomic E-state index is 6.23. The summed E-state index contributed by atoms with van der Waals surface area (Å²) in [5.41, 5.74) is 5.62. The van der Waals surface area contributed by atoms with E-state index < -0.39 is 0 Å². The molecular weight excluding hydrogens is 360 g/mol. The lowest BCUT2D eigenvalue weighted by atomic mass is 10.0. The van der Waals surface area contributed by atoms with Crippen LogP contribution in [0.4, 0.5) is 5.95 Å². The van der Waals surface area contributed by atoms with Crippen molar-refractivity contribution < 1.29 is 4.74 Å². The van der Waals surface area contributed by atoms with Gasteiger partial charge in [-0.15, -0.1) is 0 Å². The molecule has 150 valence electrons. The Kier molecular flexibility index (Phi) is 5.74. The molecule has 0 unspecified atom stereocenters. The van der Waals surface area contributed by atoms with Crippen LogP contribution in [0.5, 0.6) is 5.75 Å². The van der Waals surface area contributed by atoms with E-state index in [9.17, 15) is 0 Å². The fraction of sp³-hybridized carbons (Fsp3) is 0.375. The summed E-state index contributed by atoms with van der Waals surface area (Å²) in [5.74, 6) is 1.75. The van der Waals surface area contributed by atoms with E-state index in [2.05, 4.69) is 70.1 Å². The van der Waals surface area contributed by atoms with Crippen LogP contribution in [-0.4, -0.2) is 34.1 Å². The van der Waals surface area contributed by atoms with Gasteiger partial charge in [0, 0.05) is 55.3 Å². The van der Waals surface area contributed by atoms with E-state index in [0.717, 1.165) is 55.4 Å². The van der Waals surface area contributed by atoms with E-state index in [1.807, 2.05) is 19.3 Å². The number of ether oxygens (including phenoxy) is 1. The van der Waals surface area contributed by atoms with E-state index in [1.165, 1.54) is 16.7 Å². The van der Waals surface area contributed by atoms with Crippen molar-refractivity contribution in [3.63, 3.8) is 0 Å². The van der Waals surface area contributed by atoms with Crippen molar-refractivity contribution in [1.29, 1.82) is 0 Å². The fourth-order valence-corrected chi connectivity index (χ4v) is 3.76. The van der Waals surface area contributed by atoms with E-state index in [4.69, 9.17) is 4.74 Å². The monoisotopic (exact) mass is 388 g/mol. The SMILES string of the molecule is CCc1cnc(N2CCC(Oc3ccc(-c4ccc(C)nc4C)cc3)CC2)nc1. The number of anilines is 1. The molecule has 3 heterocycles. The van der Waals surface area contributed by atoms with Crippen molar-refractivity contribution >= 4 is 5.95 Å². The quantitative estimate of drug-likeness (QED) is 0.630. The van der Waals surface area contributed by atoms with Crippen molar-refractivity contribution in [3.8, 4) is 16.9 Å². The van der Waals surface area contributed by atoms with Gasteiger partial charge in [-0.05, 0) is 49.6 Å². The highest BCUT2D eigenvalue weighted by Gasteiger charge is 2.22. The first kappa shape index (κ1) is 19.4. The lowest BCUT2D eigenvalue weighted by Gasteiger charge is -2.32. The van der Waals surface area contributed by atoms with Crippen LogP contribution in [0.15, 0.2) is 48.8 Å². The summed E-state index contributed by atoms with van der Waals surface area (Å²) in [4.78, 5) is 15.8. The summed E-state index contributed by atoms with van der Waals surface area (Å²) >= 11 is 0. The number of pyridine rings is 1. The molecule has 1 aliphatic rings. The third kappa shape index (κ3) is 4.56. The van der Waals surface area contributed by atoms with Gasteiger partial charge in [-0.25, -0.2) is 9.97 Å². The standard InChI is InChI=1S/C24H28N4O/c1-4-19-15-25-24(26-16-19)28-13-11-22(12-14-28)29-21-8-6-20(7-9-21)23-10-5-17(2)27-18(23)3/h5-10,15-16,22H,4,11-14H2,1-3H3. The minimum absolute atomic E-state index is 0.231. The smallest absolute Gasteiger partial charge is 0.225 e. The van der Waals surface area contributed by atoms with Gasteiger partial charge in [-0.3, -0.25) is 4.98 Å². The van der Waals surface area contributed by atoms with Gasteiger partial charge in [-0.1, -0.05) is 25.1 Å². The first-order chi connectivity index (χ1) is 14.1. The molecule has 2 aromatic heterocycles. The summed E-state index contributed by atoms with van der Waals surface area (Å²) < 4.78 is 6.23. The second-order valence-corrected chi connectivity index (χ2v) is 7.66. The van der Waals surface area contributed by atoms with Crippen LogP contribution in [0, 0.1) is 13.8 Å². The van der Waals surface area contributed by atoms with Gasteiger partial charge in [0.25, 0.3) is 0 Å². The average Bonchev–Trinajstić information content (AvgIpc) is 2.75. The Morgan fingerprint density at radius 1 is 0.966 bits per heavy atom. The minimum atomic E-state index is 0.231. The summed E-state index contributed by atoms with van der Waals surface area (Å²) in [7, 11) is 0. The number of aryl methyl sites for hydroxylation is 3. The summed E-state index contributed by atoms with van der Waals surface area (Å²) in [6.07, 6.45) is 7.00. The van der Waals surface area contributed by atoms with Crippen molar-refractivity contribution in [1.82, 2.24) is 15.0 Å². The van der Waals surface area contributed by atoms with Gasteiger partial charge in [0.1, 0.15) is 11.9 Å². The number of hydrogen-bond acceptors (Lipinski definition) is 5. The number of benzene rings is 1. The average molecular weight is 389 g/mol. The maximum Gasteiger partial charge on any atom is 0.225 e. The highest BCUT2D eigenvalue weighted by atomic mass is 16.5. The molecule has 29 heavy (non-hydrogen) atoms. The van der Waals surface area contributed by atoms with Gasteiger partial charge in [-0.2, -0.15) is 0 Å². The van der Waals surface area contributed by atoms with Gasteiger partial charge < -0.3 is 9.64 Å². The Bertz CT molecular complexity index is 946. The van der Waals surface area contributed by atoms with Crippen molar-refractivity contribution in [3.05, 3.63) is 65.7 Å². The number of hydrogen-bond donors (Lipinski definition) is 0. The number of nitrogens with zero attached hydrogens (tertiary/aromatic N) is 4. The van der Waals surface area contributed by atoms with Crippen molar-refractivity contribution in [2.45, 2.75) is 46.1 Å². The Labute approximate surface area is 172 Å². The highest BCUT2D eigenvalue weighted by molar-refractivity contribution is 5.66. The van der Waals surface area contributed by atoms with Gasteiger partial charge in [0.2, 0.25) is 5.95 Å². The summed E-state index contributed by atoms with van der Waals surface area (Å²) in [6.45, 7) is 8.03. The van der Waals surface area contributed by atoms with E-state index in [-0.39, 0.29) is 6.10 Å². The maximum atomic E-state index is 6.23. The Hall–Kier alpha value is -2.95. The zero-order chi connectivity index (χ0) is 20.2. The molecule has 0 aliphatic carbocycles. The zero-order valence-electron chi connectivity index (χ0n) is 17.4. The van der Waals surface area contributed by atoms with Crippen molar-refractivity contribution in [2.75, 3.05) is 18.0 Å². The zero-order valence-corrected chi connectivity index (χ0v) is 17.4. The Morgan fingerprint density at radius 2 is 1.66 bits per heavy atom. The molecule has 5 nitrogen and oxygen atoms in total. The molecule has 4 rings (SSSR count). The normalized spacial score (nSPS) is 14.8. The lowest BCUT2D eigenvalue weighted by molar-refractivity contribution is 0.170. The molecule has 3 aromatic rings. The Morgan fingerprint density at radius 3 is 2.28 bits per heavy atom. The Balaban J connectivity index is 1.34. The highest BCUT2D eigenvalue weighted by Crippen LogP contribution is 2.26. The molecule has 0 amide bonds. The summed E-state index contributed by atoms with van der Waals surface area (Å²) in [6, 6.07) is 12.6. The number of piperidine rings is 1. The fourth-order valence-electron chi connectivity index (χ4n) is 3.76. The molecule has 0 spiro atoms. The molecule has 1 aliphatic heterocycles. The van der Waals surface area contributed by atoms with Crippen LogP contribution in [0.2, 0.25) is 0 Å². The van der Waals surface area contributed by atoms with Crippen LogP contribution >= 0.6 is 0 Å². The molecule has 0 atom stereocenters. The molecular formula is C24H28N4O. The molecule has 0 saturated carbocycles. The van der Waals surface area contributed by atoms with E-state index >= 15 is 0 Å². The van der Waals surface area contributed by atoms with Crippen LogP contribution in [0.1, 0.15) is 36.7 Å². The van der Waals surface area contributed by atoms with Gasteiger partial charge in [0.05, 0.1) is 0 Å². The van der Waals surface area contributed by atoms with Crippen molar-refractivity contribution in [2.24, 2.45) is 0 Å². The van der Waals surface area contributed by atoms with E-state index in [0.29, 0.717) is 0 Å². The van der Waals surface area contributed by atoms with Crippen LogP contribution in [0.25, 0.3) is 11.1 Å². The largest absolute Gasteiger partial charge is 0.490 e. The van der Waals surface area contributed by atoms with E-state index in [1.54, 1.807) is 0 Å². The molecule has 1 fully saturated rings. The second kappa shape index (κ2) is 8.60. The first-order valence-corrected chi connectivity index (χ1v) is 10.4. The molecule has 0 N–H and O–H groups in total. The molecule has 0 bridgehead atoms. The van der Waals surface area contributed by atoms with Gasteiger partial charge >= 0.3 is 0 Å². The topological polar surface area (TPSA) is 51.1 Å². The molecule has 5 heteroatoms. The summed E-state index contributed by atoms with van der Waals surface area (Å²) in [5, 5.41) is 0. The molecule has 0 radical (unpaired) electrons.